The molecule has 0 bridgehead atoms. The van der Waals surface area contributed by atoms with Crippen LogP contribution in [0.5, 0.6) is 0 Å². The fourth-order valence-electron chi connectivity index (χ4n) is 3.32. The van der Waals surface area contributed by atoms with Crippen molar-refractivity contribution in [2.24, 2.45) is 11.7 Å². The van der Waals surface area contributed by atoms with Crippen molar-refractivity contribution in [2.45, 2.75) is 70.7 Å². The summed E-state index contributed by atoms with van der Waals surface area (Å²) < 4.78 is 0. The molecular weight excluding hydrogens is 448 g/mol. The van der Waals surface area contributed by atoms with Gasteiger partial charge in [0.25, 0.3) is 0 Å². The smallest absolute Gasteiger partial charge is 0.243 e. The summed E-state index contributed by atoms with van der Waals surface area (Å²) in [6, 6.07) is -2.76. The van der Waals surface area contributed by atoms with E-state index in [1.807, 2.05) is 13.8 Å². The van der Waals surface area contributed by atoms with Crippen LogP contribution in [-0.4, -0.2) is 84.3 Å². The maximum atomic E-state index is 12.9. The second kappa shape index (κ2) is 14.3. The molecule has 34 heavy (non-hydrogen) atoms. The van der Waals surface area contributed by atoms with E-state index in [9.17, 15) is 33.9 Å². The highest BCUT2D eigenvalue weighted by molar-refractivity contribution is 5.94. The average molecular weight is 485 g/mol. The zero-order chi connectivity index (χ0) is 25.8. The number of aliphatic hydroxyl groups is 1. The van der Waals surface area contributed by atoms with Crippen LogP contribution in [0.1, 0.15) is 46.5 Å². The molecule has 0 unspecified atom stereocenters. The van der Waals surface area contributed by atoms with Gasteiger partial charge < -0.3 is 37.4 Å². The van der Waals surface area contributed by atoms with Gasteiger partial charge >= 0.3 is 0 Å². The molecule has 192 valence electrons. The summed E-state index contributed by atoms with van der Waals surface area (Å²) >= 11 is 0. The van der Waals surface area contributed by atoms with E-state index in [-0.39, 0.29) is 50.5 Å². The van der Waals surface area contributed by atoms with Crippen LogP contribution >= 0.6 is 0 Å². The number of primary amides is 1. The van der Waals surface area contributed by atoms with Crippen molar-refractivity contribution in [3.05, 3.63) is 0 Å². The number of nitrogens with two attached hydrogens (primary N) is 1. The van der Waals surface area contributed by atoms with Gasteiger partial charge in [-0.05, 0) is 32.1 Å². The Hall–Kier alpha value is -3.06. The van der Waals surface area contributed by atoms with E-state index in [1.54, 1.807) is 0 Å². The number of rotatable bonds is 14. The first-order chi connectivity index (χ1) is 15.9. The number of hydrogen-bond donors (Lipinski definition) is 7. The minimum absolute atomic E-state index is 0.0324. The Bertz CT molecular complexity index is 773. The number of aliphatic hydroxyl groups excluding tert-OH is 1. The fraction of sp³-hybridized carbons (Fsp3) is 0.714. The van der Waals surface area contributed by atoms with E-state index >= 15 is 0 Å². The minimum atomic E-state index is -1.18. The summed E-state index contributed by atoms with van der Waals surface area (Å²) in [5.41, 5.74) is 5.17. The van der Waals surface area contributed by atoms with E-state index in [0.717, 1.165) is 0 Å². The van der Waals surface area contributed by atoms with Gasteiger partial charge in [-0.15, -0.1) is 0 Å². The van der Waals surface area contributed by atoms with Crippen molar-refractivity contribution in [2.75, 3.05) is 19.6 Å². The van der Waals surface area contributed by atoms with Gasteiger partial charge in [0.1, 0.15) is 17.9 Å². The molecule has 13 nitrogen and oxygen atoms in total. The number of ketones is 1. The second-order valence-electron chi connectivity index (χ2n) is 8.80. The molecule has 1 aliphatic rings. The largest absolute Gasteiger partial charge is 0.392 e. The molecular formula is C21H36N6O7. The van der Waals surface area contributed by atoms with Gasteiger partial charge in [0.2, 0.25) is 29.5 Å². The summed E-state index contributed by atoms with van der Waals surface area (Å²) in [4.78, 5) is 72.1. The zero-order valence-electron chi connectivity index (χ0n) is 19.8. The minimum Gasteiger partial charge on any atom is -0.392 e. The van der Waals surface area contributed by atoms with Crippen molar-refractivity contribution in [1.82, 2.24) is 26.6 Å². The number of nitrogens with one attached hydrogen (secondary N) is 5. The van der Waals surface area contributed by atoms with Crippen molar-refractivity contribution in [3.8, 4) is 0 Å². The fourth-order valence-corrected chi connectivity index (χ4v) is 3.32. The third kappa shape index (κ3) is 11.2. The third-order valence-electron chi connectivity index (χ3n) is 5.03. The molecule has 1 heterocycles. The van der Waals surface area contributed by atoms with Crippen LogP contribution in [0.3, 0.4) is 0 Å². The van der Waals surface area contributed by atoms with Crippen LogP contribution in [-0.2, 0) is 28.8 Å². The molecule has 0 aromatic heterocycles. The van der Waals surface area contributed by atoms with E-state index in [4.69, 9.17) is 5.73 Å². The zero-order valence-corrected chi connectivity index (χ0v) is 19.8. The molecule has 1 saturated heterocycles. The molecule has 0 aliphatic carbocycles. The monoisotopic (exact) mass is 484 g/mol. The third-order valence-corrected chi connectivity index (χ3v) is 5.03. The molecule has 0 aromatic rings. The number of β-amino-alcohol motifs (C(OH)–C–C–N with tert-alkyl or cyclic N) is 1. The highest BCUT2D eigenvalue weighted by Gasteiger charge is 2.30. The number of Topliss-reactive ketones (excluding diaryl/α,β-unsaturated/α-hetero) is 1. The lowest BCUT2D eigenvalue weighted by Crippen LogP contribution is -2.55. The van der Waals surface area contributed by atoms with Crippen molar-refractivity contribution in [3.63, 3.8) is 0 Å². The quantitative estimate of drug-likeness (QED) is 0.133. The second-order valence-corrected chi connectivity index (χ2v) is 8.80. The summed E-state index contributed by atoms with van der Waals surface area (Å²) in [7, 11) is 0. The lowest BCUT2D eigenvalue weighted by Gasteiger charge is -2.24. The Kier molecular flexibility index (Phi) is 12.1. The molecule has 0 aromatic carbocycles. The van der Waals surface area contributed by atoms with Gasteiger partial charge in [-0.25, -0.2) is 0 Å². The lowest BCUT2D eigenvalue weighted by molar-refractivity contribution is -0.133. The van der Waals surface area contributed by atoms with E-state index < -0.39 is 60.3 Å². The predicted molar refractivity (Wildman–Crippen MR) is 121 cm³/mol. The van der Waals surface area contributed by atoms with Crippen molar-refractivity contribution < 1.29 is 33.9 Å². The summed E-state index contributed by atoms with van der Waals surface area (Å²) in [5, 5.41) is 22.2. The average Bonchev–Trinajstić information content (AvgIpc) is 3.18. The van der Waals surface area contributed by atoms with Crippen LogP contribution in [0.15, 0.2) is 0 Å². The van der Waals surface area contributed by atoms with Crippen molar-refractivity contribution in [1.29, 1.82) is 0 Å². The molecule has 4 atom stereocenters. The first kappa shape index (κ1) is 29.0. The van der Waals surface area contributed by atoms with Gasteiger partial charge in [-0.1, -0.05) is 13.8 Å². The lowest BCUT2D eigenvalue weighted by atomic mass is 10.0. The Morgan fingerprint density at radius 3 is 2.21 bits per heavy atom. The Labute approximate surface area is 198 Å². The number of carbonyl (C=O) groups excluding carboxylic acids is 6. The Morgan fingerprint density at radius 2 is 1.68 bits per heavy atom. The molecule has 13 heteroatoms. The van der Waals surface area contributed by atoms with Crippen LogP contribution in [0.2, 0.25) is 0 Å². The van der Waals surface area contributed by atoms with Gasteiger partial charge in [-0.2, -0.15) is 0 Å². The van der Waals surface area contributed by atoms with Crippen LogP contribution in [0.25, 0.3) is 0 Å². The van der Waals surface area contributed by atoms with Crippen LogP contribution in [0, 0.1) is 5.92 Å². The molecule has 0 saturated carbocycles. The molecule has 5 amide bonds. The highest BCUT2D eigenvalue weighted by Crippen LogP contribution is 2.08. The first-order valence-electron chi connectivity index (χ1n) is 11.2. The topological polar surface area (TPSA) is 209 Å². The van der Waals surface area contributed by atoms with Crippen molar-refractivity contribution >= 4 is 35.3 Å². The summed E-state index contributed by atoms with van der Waals surface area (Å²) in [6.07, 6.45) is -0.443. The Balaban J connectivity index is 2.76. The van der Waals surface area contributed by atoms with Crippen LogP contribution in [0.4, 0.5) is 0 Å². The predicted octanol–water partition coefficient (Wildman–Crippen LogP) is -3.19. The van der Waals surface area contributed by atoms with E-state index in [2.05, 4.69) is 26.6 Å². The molecule has 1 fully saturated rings. The normalized spacial score (nSPS) is 19.1. The van der Waals surface area contributed by atoms with Crippen LogP contribution < -0.4 is 32.3 Å². The molecule has 1 aliphatic heterocycles. The number of carbonyl (C=O) groups is 6. The van der Waals surface area contributed by atoms with Gasteiger partial charge in [0.05, 0.1) is 25.2 Å². The maximum absolute atomic E-state index is 12.9. The molecule has 8 N–H and O–H groups in total. The molecule has 0 spiro atoms. The summed E-state index contributed by atoms with van der Waals surface area (Å²) in [5.74, 6) is -3.30. The van der Waals surface area contributed by atoms with Gasteiger partial charge in [0, 0.05) is 13.0 Å². The Morgan fingerprint density at radius 1 is 1.00 bits per heavy atom. The van der Waals surface area contributed by atoms with Gasteiger partial charge in [-0.3, -0.25) is 28.8 Å². The standard InChI is InChI=1S/C21H36N6O7/c1-11(2)6-16(20(33)24-8-12(3)28)27-21(34)14(4-5-17(22)30)26-18(31)10-25-19(32)15-7-13(29)9-23-15/h11,13-16,23,29H,4-10H2,1-3H3,(H2,22,30)(H,24,33)(H,25,32)(H,26,31)(H,27,34)/t13-,14-,15+,16-/m1/s1. The number of hydrogen-bond acceptors (Lipinski definition) is 8. The first-order valence-corrected chi connectivity index (χ1v) is 11.2. The highest BCUT2D eigenvalue weighted by atomic mass is 16.3. The SMILES string of the molecule is CC(=O)CNC(=O)[C@@H](CC(C)C)NC(=O)[C@@H](CCC(N)=O)NC(=O)CNC(=O)[C@@H]1C[C@@H](O)CN1. The van der Waals surface area contributed by atoms with E-state index in [0.29, 0.717) is 0 Å². The number of amides is 5. The van der Waals surface area contributed by atoms with Gasteiger partial charge in [0.15, 0.2) is 0 Å². The van der Waals surface area contributed by atoms with E-state index in [1.165, 1.54) is 6.92 Å². The maximum Gasteiger partial charge on any atom is 0.243 e. The molecule has 1 rings (SSSR count). The summed E-state index contributed by atoms with van der Waals surface area (Å²) in [6.45, 7) is 4.68. The molecule has 0 radical (unpaired) electrons.